The highest BCUT2D eigenvalue weighted by Crippen LogP contribution is 2.24. The summed E-state index contributed by atoms with van der Waals surface area (Å²) in [6.07, 6.45) is 4.14. The molecule has 0 bridgehead atoms. The standard InChI is InChI=1S/C19H20N2O4/c1-25-17-6-2-4-15(12-17)18(22)16-5-3-9-20(13-16)19(23)14-7-10-21(24)11-8-14/h2,4,6-8,10-12,16H,3,5,9,13H2,1H3. The fraction of sp³-hybridized carbons (Fsp3) is 0.316. The van der Waals surface area contributed by atoms with Crippen molar-refractivity contribution in [1.82, 2.24) is 4.90 Å². The van der Waals surface area contributed by atoms with E-state index in [4.69, 9.17) is 4.74 Å². The number of ether oxygens (including phenoxy) is 1. The third kappa shape index (κ3) is 3.79. The Morgan fingerprint density at radius 2 is 1.96 bits per heavy atom. The van der Waals surface area contributed by atoms with Crippen molar-refractivity contribution >= 4 is 11.7 Å². The number of carbonyl (C=O) groups excluding carboxylic acids is 2. The van der Waals surface area contributed by atoms with E-state index in [1.807, 2.05) is 0 Å². The van der Waals surface area contributed by atoms with Crippen LogP contribution in [0.4, 0.5) is 0 Å². The van der Waals surface area contributed by atoms with Gasteiger partial charge in [-0.05, 0) is 25.0 Å². The number of aromatic nitrogens is 1. The molecular weight excluding hydrogens is 320 g/mol. The summed E-state index contributed by atoms with van der Waals surface area (Å²) in [5, 5.41) is 11.1. The third-order valence-electron chi connectivity index (χ3n) is 4.48. The van der Waals surface area contributed by atoms with Gasteiger partial charge in [-0.15, -0.1) is 0 Å². The highest BCUT2D eigenvalue weighted by molar-refractivity contribution is 5.99. The normalized spacial score (nSPS) is 17.2. The van der Waals surface area contributed by atoms with Crippen molar-refractivity contribution < 1.29 is 19.1 Å². The highest BCUT2D eigenvalue weighted by Gasteiger charge is 2.29. The molecule has 1 unspecified atom stereocenters. The van der Waals surface area contributed by atoms with Crippen LogP contribution in [0.2, 0.25) is 0 Å². The number of carbonyl (C=O) groups is 2. The zero-order valence-corrected chi connectivity index (χ0v) is 14.1. The predicted octanol–water partition coefficient (Wildman–Crippen LogP) is 2.06. The molecule has 2 aromatic rings. The lowest BCUT2D eigenvalue weighted by molar-refractivity contribution is -0.605. The summed E-state index contributed by atoms with van der Waals surface area (Å²) in [6.45, 7) is 1.01. The Labute approximate surface area is 146 Å². The molecule has 130 valence electrons. The molecule has 1 amide bonds. The summed E-state index contributed by atoms with van der Waals surface area (Å²) < 4.78 is 5.82. The molecule has 0 radical (unpaired) electrons. The summed E-state index contributed by atoms with van der Waals surface area (Å²) in [7, 11) is 1.57. The Balaban J connectivity index is 1.73. The van der Waals surface area contributed by atoms with E-state index < -0.39 is 0 Å². The van der Waals surface area contributed by atoms with Crippen molar-refractivity contribution in [3.8, 4) is 5.75 Å². The van der Waals surface area contributed by atoms with Crippen molar-refractivity contribution in [2.24, 2.45) is 5.92 Å². The summed E-state index contributed by atoms with van der Waals surface area (Å²) in [5.74, 6) is 0.299. The third-order valence-corrected chi connectivity index (χ3v) is 4.48. The topological polar surface area (TPSA) is 73.5 Å². The SMILES string of the molecule is COc1cccc(C(=O)C2CCCN(C(=O)c3cc[n+]([O-])cc3)C2)c1. The minimum atomic E-state index is -0.224. The van der Waals surface area contributed by atoms with Gasteiger partial charge in [0.25, 0.3) is 5.91 Å². The van der Waals surface area contributed by atoms with E-state index >= 15 is 0 Å². The van der Waals surface area contributed by atoms with E-state index in [2.05, 4.69) is 0 Å². The molecule has 1 aromatic carbocycles. The van der Waals surface area contributed by atoms with Gasteiger partial charge in [0, 0.05) is 36.7 Å². The molecule has 1 aliphatic rings. The van der Waals surface area contributed by atoms with Crippen LogP contribution < -0.4 is 9.47 Å². The summed E-state index contributed by atoms with van der Waals surface area (Å²) in [6, 6.07) is 10.1. The average Bonchev–Trinajstić information content (AvgIpc) is 2.67. The Kier molecular flexibility index (Phi) is 4.97. The molecule has 1 aromatic heterocycles. The molecule has 25 heavy (non-hydrogen) atoms. The lowest BCUT2D eigenvalue weighted by Gasteiger charge is -2.32. The first kappa shape index (κ1) is 17.0. The quantitative estimate of drug-likeness (QED) is 0.485. The van der Waals surface area contributed by atoms with Crippen molar-refractivity contribution in [2.45, 2.75) is 12.8 Å². The van der Waals surface area contributed by atoms with Gasteiger partial charge in [0.1, 0.15) is 5.75 Å². The molecule has 6 nitrogen and oxygen atoms in total. The number of piperidine rings is 1. The van der Waals surface area contributed by atoms with Gasteiger partial charge in [0.15, 0.2) is 18.2 Å². The van der Waals surface area contributed by atoms with E-state index in [1.54, 1.807) is 36.3 Å². The Hall–Kier alpha value is -2.89. The summed E-state index contributed by atoms with van der Waals surface area (Å²) in [4.78, 5) is 27.1. The maximum atomic E-state index is 12.8. The molecule has 1 aliphatic heterocycles. The smallest absolute Gasteiger partial charge is 0.254 e. The van der Waals surface area contributed by atoms with Crippen LogP contribution >= 0.6 is 0 Å². The van der Waals surface area contributed by atoms with E-state index in [9.17, 15) is 14.8 Å². The number of hydrogen-bond acceptors (Lipinski definition) is 4. The summed E-state index contributed by atoms with van der Waals surface area (Å²) >= 11 is 0. The second-order valence-electron chi connectivity index (χ2n) is 6.13. The number of Topliss-reactive ketones (excluding diaryl/α,β-unsaturated/α-hetero) is 1. The first-order valence-electron chi connectivity index (χ1n) is 8.25. The number of amides is 1. The van der Waals surface area contributed by atoms with Crippen LogP contribution in [0.3, 0.4) is 0 Å². The molecule has 1 fully saturated rings. The van der Waals surface area contributed by atoms with Crippen LogP contribution in [0, 0.1) is 11.1 Å². The fourth-order valence-electron chi connectivity index (χ4n) is 3.13. The molecule has 1 saturated heterocycles. The van der Waals surface area contributed by atoms with Crippen LogP contribution in [-0.4, -0.2) is 36.8 Å². The van der Waals surface area contributed by atoms with Crippen LogP contribution in [0.1, 0.15) is 33.6 Å². The maximum Gasteiger partial charge on any atom is 0.254 e. The number of hydrogen-bond donors (Lipinski definition) is 0. The predicted molar refractivity (Wildman–Crippen MR) is 91.4 cm³/mol. The number of nitrogens with zero attached hydrogens (tertiary/aromatic N) is 2. The molecule has 0 saturated carbocycles. The zero-order chi connectivity index (χ0) is 17.8. The lowest BCUT2D eigenvalue weighted by Crippen LogP contribution is -2.42. The van der Waals surface area contributed by atoms with Crippen LogP contribution in [-0.2, 0) is 0 Å². The van der Waals surface area contributed by atoms with Gasteiger partial charge in [-0.2, -0.15) is 4.73 Å². The lowest BCUT2D eigenvalue weighted by atomic mass is 9.89. The molecule has 1 atom stereocenters. The van der Waals surface area contributed by atoms with Crippen molar-refractivity contribution in [3.63, 3.8) is 0 Å². The highest BCUT2D eigenvalue weighted by atomic mass is 16.5. The molecule has 3 rings (SSSR count). The summed E-state index contributed by atoms with van der Waals surface area (Å²) in [5.41, 5.74) is 1.06. The Bertz CT molecular complexity index is 773. The van der Waals surface area contributed by atoms with Crippen LogP contribution in [0.5, 0.6) is 5.75 Å². The number of ketones is 1. The van der Waals surface area contributed by atoms with E-state index in [-0.39, 0.29) is 17.6 Å². The van der Waals surface area contributed by atoms with Crippen LogP contribution in [0.15, 0.2) is 48.8 Å². The minimum Gasteiger partial charge on any atom is -0.619 e. The van der Waals surface area contributed by atoms with Gasteiger partial charge in [-0.3, -0.25) is 9.59 Å². The molecular formula is C19H20N2O4. The van der Waals surface area contributed by atoms with Crippen molar-refractivity contribution in [3.05, 3.63) is 65.1 Å². The number of pyridine rings is 1. The number of methoxy groups -OCH3 is 1. The molecule has 0 spiro atoms. The first-order valence-corrected chi connectivity index (χ1v) is 8.25. The van der Waals surface area contributed by atoms with Gasteiger partial charge < -0.3 is 14.8 Å². The number of likely N-dealkylation sites (tertiary alicyclic amines) is 1. The Morgan fingerprint density at radius 1 is 1.20 bits per heavy atom. The van der Waals surface area contributed by atoms with Gasteiger partial charge in [0.2, 0.25) is 0 Å². The van der Waals surface area contributed by atoms with E-state index in [0.717, 1.165) is 12.8 Å². The maximum absolute atomic E-state index is 12.8. The molecule has 6 heteroatoms. The second kappa shape index (κ2) is 7.34. The van der Waals surface area contributed by atoms with Gasteiger partial charge in [0.05, 0.1) is 12.7 Å². The molecule has 2 heterocycles. The monoisotopic (exact) mass is 340 g/mol. The zero-order valence-electron chi connectivity index (χ0n) is 14.1. The average molecular weight is 340 g/mol. The van der Waals surface area contributed by atoms with E-state index in [0.29, 0.717) is 34.7 Å². The largest absolute Gasteiger partial charge is 0.619 e. The van der Waals surface area contributed by atoms with Crippen molar-refractivity contribution in [2.75, 3.05) is 20.2 Å². The van der Waals surface area contributed by atoms with Crippen LogP contribution in [0.25, 0.3) is 0 Å². The van der Waals surface area contributed by atoms with Crippen molar-refractivity contribution in [1.29, 1.82) is 0 Å². The second-order valence-corrected chi connectivity index (χ2v) is 6.13. The number of rotatable bonds is 4. The first-order chi connectivity index (χ1) is 12.1. The van der Waals surface area contributed by atoms with E-state index in [1.165, 1.54) is 24.5 Å². The molecule has 0 aliphatic carbocycles. The van der Waals surface area contributed by atoms with Gasteiger partial charge in [-0.25, -0.2) is 0 Å². The fourth-order valence-corrected chi connectivity index (χ4v) is 3.13. The Morgan fingerprint density at radius 3 is 2.68 bits per heavy atom. The minimum absolute atomic E-state index is 0.0295. The number of benzene rings is 1. The molecule has 0 N–H and O–H groups in total. The van der Waals surface area contributed by atoms with Gasteiger partial charge >= 0.3 is 0 Å². The van der Waals surface area contributed by atoms with Gasteiger partial charge in [-0.1, -0.05) is 12.1 Å².